The Balaban J connectivity index is 2.19. The number of carbonyl (C=O) groups is 1. The lowest BCUT2D eigenvalue weighted by Gasteiger charge is -2.32. The van der Waals surface area contributed by atoms with Crippen LogP contribution in [0.5, 0.6) is 11.5 Å². The summed E-state index contributed by atoms with van der Waals surface area (Å²) in [7, 11) is 3.12. The monoisotopic (exact) mass is 279 g/mol. The summed E-state index contributed by atoms with van der Waals surface area (Å²) in [6.07, 6.45) is 1.90. The molecule has 1 fully saturated rings. The minimum Gasteiger partial charge on any atom is -0.497 e. The van der Waals surface area contributed by atoms with Crippen molar-refractivity contribution in [3.63, 3.8) is 0 Å². The summed E-state index contributed by atoms with van der Waals surface area (Å²) in [6.45, 7) is 1.47. The number of carbonyl (C=O) groups excluding carboxylic acids is 1. The van der Waals surface area contributed by atoms with E-state index in [4.69, 9.17) is 9.47 Å². The number of piperidine rings is 1. The van der Waals surface area contributed by atoms with Crippen LogP contribution in [0.3, 0.4) is 0 Å². The van der Waals surface area contributed by atoms with Gasteiger partial charge in [-0.1, -0.05) is 0 Å². The molecule has 2 rings (SSSR count). The number of rotatable bonds is 4. The largest absolute Gasteiger partial charge is 0.497 e. The highest BCUT2D eigenvalue weighted by molar-refractivity contribution is 5.95. The number of aliphatic hydroxyl groups is 1. The Bertz CT molecular complexity index is 453. The number of amides is 1. The van der Waals surface area contributed by atoms with Gasteiger partial charge in [0.05, 0.1) is 14.2 Å². The molecule has 5 nitrogen and oxygen atoms in total. The van der Waals surface area contributed by atoms with Crippen molar-refractivity contribution < 1.29 is 19.4 Å². The molecular weight excluding hydrogens is 258 g/mol. The predicted molar refractivity (Wildman–Crippen MR) is 75.3 cm³/mol. The molecule has 20 heavy (non-hydrogen) atoms. The fourth-order valence-corrected chi connectivity index (χ4v) is 2.51. The summed E-state index contributed by atoms with van der Waals surface area (Å²) in [4.78, 5) is 14.3. The molecule has 1 N–H and O–H groups in total. The minimum atomic E-state index is -0.0413. The van der Waals surface area contributed by atoms with Gasteiger partial charge in [-0.15, -0.1) is 0 Å². The third-order valence-electron chi connectivity index (χ3n) is 3.66. The van der Waals surface area contributed by atoms with E-state index in [0.717, 1.165) is 19.4 Å². The first-order chi connectivity index (χ1) is 9.67. The molecule has 1 heterocycles. The van der Waals surface area contributed by atoms with Gasteiger partial charge in [0.25, 0.3) is 5.91 Å². The molecule has 1 atom stereocenters. The molecule has 1 saturated heterocycles. The Morgan fingerprint density at radius 3 is 2.50 bits per heavy atom. The van der Waals surface area contributed by atoms with E-state index in [-0.39, 0.29) is 18.4 Å². The number of hydrogen-bond donors (Lipinski definition) is 1. The van der Waals surface area contributed by atoms with Crippen molar-refractivity contribution in [2.75, 3.05) is 33.9 Å². The van der Waals surface area contributed by atoms with Crippen molar-refractivity contribution in [1.29, 1.82) is 0 Å². The topological polar surface area (TPSA) is 59.0 Å². The second-order valence-corrected chi connectivity index (χ2v) is 5.04. The van der Waals surface area contributed by atoms with E-state index in [9.17, 15) is 9.90 Å². The molecule has 1 aromatic carbocycles. The van der Waals surface area contributed by atoms with Gasteiger partial charge in [-0.25, -0.2) is 0 Å². The molecule has 1 aliphatic rings. The summed E-state index contributed by atoms with van der Waals surface area (Å²) in [5, 5.41) is 9.25. The minimum absolute atomic E-state index is 0.0413. The van der Waals surface area contributed by atoms with Crippen LogP contribution in [0, 0.1) is 5.92 Å². The second-order valence-electron chi connectivity index (χ2n) is 5.04. The van der Waals surface area contributed by atoms with Gasteiger partial charge in [-0.2, -0.15) is 0 Å². The molecule has 1 amide bonds. The van der Waals surface area contributed by atoms with E-state index in [1.807, 2.05) is 0 Å². The Labute approximate surface area is 119 Å². The van der Waals surface area contributed by atoms with Crippen molar-refractivity contribution in [2.24, 2.45) is 5.92 Å². The number of aliphatic hydroxyl groups excluding tert-OH is 1. The zero-order chi connectivity index (χ0) is 14.5. The number of ether oxygens (including phenoxy) is 2. The van der Waals surface area contributed by atoms with Crippen LogP contribution in [0.2, 0.25) is 0 Å². The molecule has 1 aromatic rings. The highest BCUT2D eigenvalue weighted by Gasteiger charge is 2.24. The smallest absolute Gasteiger partial charge is 0.254 e. The lowest BCUT2D eigenvalue weighted by molar-refractivity contribution is 0.0620. The molecule has 0 aromatic heterocycles. The van der Waals surface area contributed by atoms with E-state index < -0.39 is 0 Å². The first-order valence-electron chi connectivity index (χ1n) is 6.81. The van der Waals surface area contributed by atoms with E-state index in [2.05, 4.69) is 0 Å². The molecule has 0 bridgehead atoms. The van der Waals surface area contributed by atoms with E-state index in [1.165, 1.54) is 0 Å². The van der Waals surface area contributed by atoms with Gasteiger partial charge in [-0.3, -0.25) is 4.79 Å². The van der Waals surface area contributed by atoms with Gasteiger partial charge >= 0.3 is 0 Å². The highest BCUT2D eigenvalue weighted by Crippen LogP contribution is 2.25. The van der Waals surface area contributed by atoms with Crippen LogP contribution < -0.4 is 9.47 Å². The fraction of sp³-hybridized carbons (Fsp3) is 0.533. The van der Waals surface area contributed by atoms with Crippen molar-refractivity contribution in [3.05, 3.63) is 23.8 Å². The van der Waals surface area contributed by atoms with Crippen LogP contribution >= 0.6 is 0 Å². The van der Waals surface area contributed by atoms with Crippen LogP contribution in [-0.2, 0) is 0 Å². The molecular formula is C15H21NO4. The second kappa shape index (κ2) is 6.61. The first kappa shape index (κ1) is 14.7. The third kappa shape index (κ3) is 3.22. The number of benzene rings is 1. The predicted octanol–water partition coefficient (Wildman–Crippen LogP) is 1.55. The lowest BCUT2D eigenvalue weighted by Crippen LogP contribution is -2.40. The van der Waals surface area contributed by atoms with Crippen molar-refractivity contribution in [1.82, 2.24) is 4.90 Å². The normalized spacial score (nSPS) is 18.8. The zero-order valence-corrected chi connectivity index (χ0v) is 12.0. The maximum atomic E-state index is 12.5. The molecule has 0 radical (unpaired) electrons. The number of methoxy groups -OCH3 is 2. The van der Waals surface area contributed by atoms with Crippen molar-refractivity contribution in [3.8, 4) is 11.5 Å². The SMILES string of the molecule is COc1cc(OC)cc(C(=O)N2CCCC(CO)C2)c1. The molecule has 1 aliphatic heterocycles. The van der Waals surface area contributed by atoms with E-state index in [0.29, 0.717) is 23.6 Å². The maximum Gasteiger partial charge on any atom is 0.254 e. The Hall–Kier alpha value is -1.75. The standard InChI is InChI=1S/C15H21NO4/c1-19-13-6-12(7-14(8-13)20-2)15(18)16-5-3-4-11(9-16)10-17/h6-8,11,17H,3-5,9-10H2,1-2H3. The average Bonchev–Trinajstić information content (AvgIpc) is 2.53. The van der Waals surface area contributed by atoms with Gasteiger partial charge in [0, 0.05) is 31.3 Å². The summed E-state index contributed by atoms with van der Waals surface area (Å²) in [5.74, 6) is 1.34. The lowest BCUT2D eigenvalue weighted by atomic mass is 9.98. The number of nitrogens with zero attached hydrogens (tertiary/aromatic N) is 1. The van der Waals surface area contributed by atoms with Crippen LogP contribution in [0.25, 0.3) is 0 Å². The van der Waals surface area contributed by atoms with Crippen LogP contribution in [0.15, 0.2) is 18.2 Å². The summed E-state index contributed by atoms with van der Waals surface area (Å²) in [6, 6.07) is 5.17. The van der Waals surface area contributed by atoms with Crippen molar-refractivity contribution in [2.45, 2.75) is 12.8 Å². The third-order valence-corrected chi connectivity index (χ3v) is 3.66. The number of hydrogen-bond acceptors (Lipinski definition) is 4. The molecule has 110 valence electrons. The summed E-state index contributed by atoms with van der Waals surface area (Å²) >= 11 is 0. The summed E-state index contributed by atoms with van der Waals surface area (Å²) in [5.41, 5.74) is 0.555. The van der Waals surface area contributed by atoms with Gasteiger partial charge in [-0.05, 0) is 30.9 Å². The highest BCUT2D eigenvalue weighted by atomic mass is 16.5. The molecule has 0 aliphatic carbocycles. The quantitative estimate of drug-likeness (QED) is 0.908. The molecule has 0 saturated carbocycles. The van der Waals surface area contributed by atoms with Gasteiger partial charge in [0.1, 0.15) is 11.5 Å². The van der Waals surface area contributed by atoms with Crippen LogP contribution in [0.4, 0.5) is 0 Å². The van der Waals surface area contributed by atoms with Gasteiger partial charge in [0.2, 0.25) is 0 Å². The summed E-state index contributed by atoms with van der Waals surface area (Å²) < 4.78 is 10.4. The maximum absolute atomic E-state index is 12.5. The van der Waals surface area contributed by atoms with Crippen LogP contribution in [-0.4, -0.2) is 49.8 Å². The average molecular weight is 279 g/mol. The molecule has 0 spiro atoms. The number of likely N-dealkylation sites (tertiary alicyclic amines) is 1. The Morgan fingerprint density at radius 2 is 1.95 bits per heavy atom. The van der Waals surface area contributed by atoms with Crippen molar-refractivity contribution >= 4 is 5.91 Å². The van der Waals surface area contributed by atoms with E-state index >= 15 is 0 Å². The molecule has 5 heteroatoms. The van der Waals surface area contributed by atoms with E-state index in [1.54, 1.807) is 37.3 Å². The fourth-order valence-electron chi connectivity index (χ4n) is 2.51. The first-order valence-corrected chi connectivity index (χ1v) is 6.81. The Morgan fingerprint density at radius 1 is 1.30 bits per heavy atom. The van der Waals surface area contributed by atoms with Gasteiger partial charge < -0.3 is 19.5 Å². The zero-order valence-electron chi connectivity index (χ0n) is 12.0. The Kier molecular flexibility index (Phi) is 4.84. The molecule has 1 unspecified atom stereocenters. The van der Waals surface area contributed by atoms with Gasteiger partial charge in [0.15, 0.2) is 0 Å². The van der Waals surface area contributed by atoms with Crippen LogP contribution in [0.1, 0.15) is 23.2 Å².